The summed E-state index contributed by atoms with van der Waals surface area (Å²) in [5.74, 6) is -1.31. The Labute approximate surface area is 95.1 Å². The van der Waals surface area contributed by atoms with Gasteiger partial charge in [0.1, 0.15) is 0 Å². The van der Waals surface area contributed by atoms with Crippen molar-refractivity contribution in [1.29, 1.82) is 0 Å². The molecule has 2 atom stereocenters. The summed E-state index contributed by atoms with van der Waals surface area (Å²) in [6, 6.07) is -0.310. The molecule has 5 nitrogen and oxygen atoms in total. The van der Waals surface area contributed by atoms with Crippen LogP contribution in [0.1, 0.15) is 19.8 Å². The minimum atomic E-state index is -0.838. The van der Waals surface area contributed by atoms with Gasteiger partial charge < -0.3 is 15.3 Å². The number of rotatable bonds is 4. The van der Waals surface area contributed by atoms with Crippen LogP contribution in [0.2, 0.25) is 0 Å². The molecule has 0 aromatic carbocycles. The lowest BCUT2D eigenvalue weighted by Crippen LogP contribution is -2.42. The average molecular weight is 226 g/mol. The SMILES string of the molecule is CCCN(C)C(=O)NC1C=CC(C(=O)O)C1. The van der Waals surface area contributed by atoms with Crippen LogP contribution >= 0.6 is 0 Å². The van der Waals surface area contributed by atoms with Crippen LogP contribution in [0.25, 0.3) is 0 Å². The fourth-order valence-electron chi connectivity index (χ4n) is 1.69. The Hall–Kier alpha value is -1.52. The molecule has 0 saturated heterocycles. The predicted molar refractivity (Wildman–Crippen MR) is 60.1 cm³/mol. The van der Waals surface area contributed by atoms with Crippen molar-refractivity contribution < 1.29 is 14.7 Å². The van der Waals surface area contributed by atoms with Gasteiger partial charge in [-0.05, 0) is 12.8 Å². The third-order valence-electron chi connectivity index (χ3n) is 2.62. The summed E-state index contributed by atoms with van der Waals surface area (Å²) in [6.07, 6.45) is 4.73. The van der Waals surface area contributed by atoms with Crippen LogP contribution < -0.4 is 5.32 Å². The number of urea groups is 1. The van der Waals surface area contributed by atoms with Crippen molar-refractivity contribution in [2.45, 2.75) is 25.8 Å². The molecule has 0 spiro atoms. The highest BCUT2D eigenvalue weighted by atomic mass is 16.4. The van der Waals surface area contributed by atoms with Gasteiger partial charge in [0, 0.05) is 13.6 Å². The van der Waals surface area contributed by atoms with E-state index in [1.807, 2.05) is 6.92 Å². The summed E-state index contributed by atoms with van der Waals surface area (Å²) in [5.41, 5.74) is 0. The molecule has 5 heteroatoms. The number of nitrogens with zero attached hydrogens (tertiary/aromatic N) is 1. The number of carboxylic acid groups (broad SMARTS) is 1. The summed E-state index contributed by atoms with van der Waals surface area (Å²) >= 11 is 0. The largest absolute Gasteiger partial charge is 0.481 e. The van der Waals surface area contributed by atoms with Crippen molar-refractivity contribution >= 4 is 12.0 Å². The fraction of sp³-hybridized carbons (Fsp3) is 0.636. The zero-order valence-electron chi connectivity index (χ0n) is 9.64. The van der Waals surface area contributed by atoms with E-state index in [0.717, 1.165) is 6.42 Å². The molecular weight excluding hydrogens is 208 g/mol. The van der Waals surface area contributed by atoms with Crippen LogP contribution in [0.15, 0.2) is 12.2 Å². The molecule has 2 N–H and O–H groups in total. The molecule has 0 aromatic rings. The first-order valence-corrected chi connectivity index (χ1v) is 5.47. The topological polar surface area (TPSA) is 69.6 Å². The Kier molecular flexibility index (Phi) is 4.34. The minimum absolute atomic E-state index is 0.150. The van der Waals surface area contributed by atoms with E-state index in [1.165, 1.54) is 0 Å². The number of carbonyl (C=O) groups excluding carboxylic acids is 1. The van der Waals surface area contributed by atoms with Crippen LogP contribution in [0.5, 0.6) is 0 Å². The first-order chi connectivity index (χ1) is 7.54. The molecule has 0 heterocycles. The molecule has 16 heavy (non-hydrogen) atoms. The summed E-state index contributed by atoms with van der Waals surface area (Å²) in [4.78, 5) is 23.9. The van der Waals surface area contributed by atoms with E-state index in [0.29, 0.717) is 13.0 Å². The fourth-order valence-corrected chi connectivity index (χ4v) is 1.69. The molecule has 1 aliphatic rings. The maximum Gasteiger partial charge on any atom is 0.317 e. The van der Waals surface area contributed by atoms with Gasteiger partial charge in [-0.2, -0.15) is 0 Å². The van der Waals surface area contributed by atoms with E-state index >= 15 is 0 Å². The highest BCUT2D eigenvalue weighted by molar-refractivity contribution is 5.76. The zero-order chi connectivity index (χ0) is 12.1. The molecule has 1 rings (SSSR count). The molecule has 0 radical (unpaired) electrons. The second kappa shape index (κ2) is 5.53. The van der Waals surface area contributed by atoms with Crippen LogP contribution in [-0.2, 0) is 4.79 Å². The number of carbonyl (C=O) groups is 2. The van der Waals surface area contributed by atoms with Crippen LogP contribution in [0, 0.1) is 5.92 Å². The van der Waals surface area contributed by atoms with E-state index in [1.54, 1.807) is 24.1 Å². The van der Waals surface area contributed by atoms with Gasteiger partial charge >= 0.3 is 12.0 Å². The maximum absolute atomic E-state index is 11.6. The van der Waals surface area contributed by atoms with Crippen LogP contribution in [0.4, 0.5) is 4.79 Å². The Morgan fingerprint density at radius 2 is 2.19 bits per heavy atom. The molecule has 2 amide bonds. The summed E-state index contributed by atoms with van der Waals surface area (Å²) in [6.45, 7) is 2.70. The second-order valence-corrected chi connectivity index (χ2v) is 4.04. The van der Waals surface area contributed by atoms with Gasteiger partial charge in [0.15, 0.2) is 0 Å². The molecule has 0 saturated carbocycles. The summed E-state index contributed by atoms with van der Waals surface area (Å²) in [5, 5.41) is 11.6. The Bertz CT molecular complexity index is 302. The van der Waals surface area contributed by atoms with Crippen molar-refractivity contribution in [3.8, 4) is 0 Å². The van der Waals surface area contributed by atoms with E-state index in [4.69, 9.17) is 5.11 Å². The van der Waals surface area contributed by atoms with Crippen molar-refractivity contribution in [3.63, 3.8) is 0 Å². The van der Waals surface area contributed by atoms with Gasteiger partial charge in [0.25, 0.3) is 0 Å². The zero-order valence-corrected chi connectivity index (χ0v) is 9.64. The standard InChI is InChI=1S/C11H18N2O3/c1-3-6-13(2)11(16)12-9-5-4-8(7-9)10(14)15/h4-5,8-9H,3,6-7H2,1-2H3,(H,12,16)(H,14,15). The molecule has 1 aliphatic carbocycles. The monoisotopic (exact) mass is 226 g/mol. The van der Waals surface area contributed by atoms with Crippen LogP contribution in [0.3, 0.4) is 0 Å². The first-order valence-electron chi connectivity index (χ1n) is 5.47. The highest BCUT2D eigenvalue weighted by Crippen LogP contribution is 2.17. The number of nitrogens with one attached hydrogen (secondary N) is 1. The first kappa shape index (κ1) is 12.5. The molecule has 90 valence electrons. The molecule has 0 fully saturated rings. The molecule has 0 aliphatic heterocycles. The number of hydrogen-bond donors (Lipinski definition) is 2. The normalized spacial score (nSPS) is 23.1. The lowest BCUT2D eigenvalue weighted by atomic mass is 10.1. The maximum atomic E-state index is 11.6. The Morgan fingerprint density at radius 3 is 2.69 bits per heavy atom. The van der Waals surface area contributed by atoms with Crippen molar-refractivity contribution in [3.05, 3.63) is 12.2 Å². The quantitative estimate of drug-likeness (QED) is 0.704. The smallest absolute Gasteiger partial charge is 0.317 e. The van der Waals surface area contributed by atoms with E-state index in [9.17, 15) is 9.59 Å². The molecular formula is C11H18N2O3. The Morgan fingerprint density at radius 1 is 1.50 bits per heavy atom. The van der Waals surface area contributed by atoms with Gasteiger partial charge in [-0.25, -0.2) is 4.79 Å². The number of hydrogen-bond acceptors (Lipinski definition) is 2. The Balaban J connectivity index is 2.37. The molecule has 2 unspecified atom stereocenters. The lowest BCUT2D eigenvalue weighted by Gasteiger charge is -2.20. The van der Waals surface area contributed by atoms with Gasteiger partial charge in [-0.1, -0.05) is 19.1 Å². The van der Waals surface area contributed by atoms with Gasteiger partial charge in [-0.15, -0.1) is 0 Å². The number of carboxylic acids is 1. The van der Waals surface area contributed by atoms with Crippen molar-refractivity contribution in [2.24, 2.45) is 5.92 Å². The minimum Gasteiger partial charge on any atom is -0.481 e. The van der Waals surface area contributed by atoms with Crippen molar-refractivity contribution in [1.82, 2.24) is 10.2 Å². The molecule has 0 aromatic heterocycles. The van der Waals surface area contributed by atoms with E-state index in [-0.39, 0.29) is 12.1 Å². The third kappa shape index (κ3) is 3.25. The molecule has 0 bridgehead atoms. The summed E-state index contributed by atoms with van der Waals surface area (Å²) in [7, 11) is 1.73. The van der Waals surface area contributed by atoms with Gasteiger partial charge in [-0.3, -0.25) is 4.79 Å². The van der Waals surface area contributed by atoms with E-state index < -0.39 is 11.9 Å². The third-order valence-corrected chi connectivity index (χ3v) is 2.62. The van der Waals surface area contributed by atoms with Gasteiger partial charge in [0.05, 0.1) is 12.0 Å². The summed E-state index contributed by atoms with van der Waals surface area (Å²) < 4.78 is 0. The van der Waals surface area contributed by atoms with Crippen LogP contribution in [-0.4, -0.2) is 41.6 Å². The average Bonchev–Trinajstić information content (AvgIpc) is 2.66. The lowest BCUT2D eigenvalue weighted by molar-refractivity contribution is -0.140. The van der Waals surface area contributed by atoms with Gasteiger partial charge in [0.2, 0.25) is 0 Å². The predicted octanol–water partition coefficient (Wildman–Crippen LogP) is 1.07. The number of aliphatic carboxylic acids is 1. The second-order valence-electron chi connectivity index (χ2n) is 4.04. The number of amides is 2. The van der Waals surface area contributed by atoms with Crippen molar-refractivity contribution in [2.75, 3.05) is 13.6 Å². The highest BCUT2D eigenvalue weighted by Gasteiger charge is 2.25. The van der Waals surface area contributed by atoms with E-state index in [2.05, 4.69) is 5.32 Å².